The van der Waals surface area contributed by atoms with Gasteiger partial charge in [-0.05, 0) is 53.8 Å². The number of nitrogens with one attached hydrogen (secondary N) is 2. The van der Waals surface area contributed by atoms with E-state index < -0.39 is 0 Å². The summed E-state index contributed by atoms with van der Waals surface area (Å²) < 4.78 is 0. The zero-order chi connectivity index (χ0) is 16.7. The molecule has 0 bridgehead atoms. The van der Waals surface area contributed by atoms with E-state index in [1.807, 2.05) is 24.3 Å². The second-order valence-corrected chi connectivity index (χ2v) is 6.95. The van der Waals surface area contributed by atoms with E-state index in [9.17, 15) is 4.79 Å². The number of allylic oxidation sites excluding steroid dienone is 2. The summed E-state index contributed by atoms with van der Waals surface area (Å²) >= 11 is 6.19. The smallest absolute Gasteiger partial charge is 0.221 e. The van der Waals surface area contributed by atoms with Crippen LogP contribution in [0.1, 0.15) is 36.4 Å². The molecule has 0 saturated carbocycles. The van der Waals surface area contributed by atoms with Gasteiger partial charge in [-0.3, -0.25) is 4.79 Å². The van der Waals surface area contributed by atoms with E-state index in [2.05, 4.69) is 41.0 Å². The first-order valence-corrected chi connectivity index (χ1v) is 8.60. The molecular formula is C20H19ClN2O. The Hall–Kier alpha value is -2.26. The Morgan fingerprint density at radius 3 is 2.92 bits per heavy atom. The van der Waals surface area contributed by atoms with E-state index in [1.54, 1.807) is 0 Å². The molecule has 0 fully saturated rings. The van der Waals surface area contributed by atoms with Crippen molar-refractivity contribution in [2.75, 3.05) is 10.6 Å². The topological polar surface area (TPSA) is 41.1 Å². The van der Waals surface area contributed by atoms with Gasteiger partial charge in [0.1, 0.15) is 0 Å². The Bertz CT molecular complexity index is 830. The van der Waals surface area contributed by atoms with E-state index in [0.29, 0.717) is 11.8 Å². The maximum absolute atomic E-state index is 11.3. The van der Waals surface area contributed by atoms with Gasteiger partial charge in [-0.25, -0.2) is 0 Å². The van der Waals surface area contributed by atoms with Crippen LogP contribution in [0, 0.1) is 5.92 Å². The summed E-state index contributed by atoms with van der Waals surface area (Å²) in [7, 11) is 0. The molecule has 4 rings (SSSR count). The highest BCUT2D eigenvalue weighted by molar-refractivity contribution is 6.30. The summed E-state index contributed by atoms with van der Waals surface area (Å²) in [6.07, 6.45) is 5.59. The van der Waals surface area contributed by atoms with Gasteiger partial charge in [0, 0.05) is 29.2 Å². The highest BCUT2D eigenvalue weighted by Crippen LogP contribution is 2.50. The normalized spacial score (nSPS) is 24.0. The maximum Gasteiger partial charge on any atom is 0.221 e. The number of rotatable bonds is 2. The lowest BCUT2D eigenvalue weighted by Gasteiger charge is -2.37. The molecule has 0 aromatic heterocycles. The number of carbonyl (C=O) groups excluding carboxylic acids is 1. The molecule has 122 valence electrons. The highest BCUT2D eigenvalue weighted by atomic mass is 35.5. The van der Waals surface area contributed by atoms with Crippen molar-refractivity contribution in [1.29, 1.82) is 0 Å². The number of hydrogen-bond donors (Lipinski definition) is 2. The van der Waals surface area contributed by atoms with E-state index in [1.165, 1.54) is 18.1 Å². The molecule has 1 aliphatic carbocycles. The molecule has 1 aliphatic heterocycles. The summed E-state index contributed by atoms with van der Waals surface area (Å²) in [5.74, 6) is 0.775. The quantitative estimate of drug-likeness (QED) is 0.746. The fourth-order valence-corrected chi connectivity index (χ4v) is 4.10. The lowest BCUT2D eigenvalue weighted by molar-refractivity contribution is -0.114. The average Bonchev–Trinajstić information content (AvgIpc) is 3.03. The third-order valence-electron chi connectivity index (χ3n) is 4.89. The predicted molar refractivity (Wildman–Crippen MR) is 98.5 cm³/mol. The van der Waals surface area contributed by atoms with Crippen molar-refractivity contribution in [3.8, 4) is 0 Å². The Kier molecular flexibility index (Phi) is 3.81. The van der Waals surface area contributed by atoms with Crippen LogP contribution in [-0.4, -0.2) is 5.91 Å². The molecule has 2 aromatic carbocycles. The minimum atomic E-state index is -0.0472. The molecule has 1 amide bonds. The van der Waals surface area contributed by atoms with Crippen LogP contribution in [0.2, 0.25) is 5.02 Å². The van der Waals surface area contributed by atoms with E-state index >= 15 is 0 Å². The fourth-order valence-electron chi connectivity index (χ4n) is 3.91. The number of benzene rings is 2. The summed E-state index contributed by atoms with van der Waals surface area (Å²) in [6.45, 7) is 1.53. The number of hydrogen-bond acceptors (Lipinski definition) is 2. The van der Waals surface area contributed by atoms with Gasteiger partial charge < -0.3 is 10.6 Å². The molecule has 0 spiro atoms. The Labute approximate surface area is 146 Å². The van der Waals surface area contributed by atoms with Gasteiger partial charge in [-0.15, -0.1) is 0 Å². The van der Waals surface area contributed by atoms with Gasteiger partial charge >= 0.3 is 0 Å². The van der Waals surface area contributed by atoms with Crippen LogP contribution < -0.4 is 10.6 Å². The summed E-state index contributed by atoms with van der Waals surface area (Å²) in [4.78, 5) is 11.3. The molecule has 2 N–H and O–H groups in total. The fraction of sp³-hybridized carbons (Fsp3) is 0.250. The van der Waals surface area contributed by atoms with Crippen molar-refractivity contribution < 1.29 is 4.79 Å². The van der Waals surface area contributed by atoms with Crippen molar-refractivity contribution in [2.24, 2.45) is 5.92 Å². The molecular weight excluding hydrogens is 320 g/mol. The Morgan fingerprint density at radius 2 is 2.12 bits per heavy atom. The van der Waals surface area contributed by atoms with Gasteiger partial charge in [0.15, 0.2) is 0 Å². The molecule has 3 unspecified atom stereocenters. The number of amides is 1. The number of fused-ring (bicyclic) bond motifs is 3. The van der Waals surface area contributed by atoms with Crippen molar-refractivity contribution in [3.63, 3.8) is 0 Å². The molecule has 24 heavy (non-hydrogen) atoms. The molecule has 0 saturated heterocycles. The van der Waals surface area contributed by atoms with Gasteiger partial charge in [0.2, 0.25) is 5.91 Å². The van der Waals surface area contributed by atoms with Crippen LogP contribution in [0.3, 0.4) is 0 Å². The van der Waals surface area contributed by atoms with Crippen molar-refractivity contribution >= 4 is 28.9 Å². The zero-order valence-electron chi connectivity index (χ0n) is 13.4. The second kappa shape index (κ2) is 5.99. The highest BCUT2D eigenvalue weighted by Gasteiger charge is 2.37. The molecule has 2 aromatic rings. The molecule has 0 radical (unpaired) electrons. The predicted octanol–water partition coefficient (Wildman–Crippen LogP) is 5.12. The monoisotopic (exact) mass is 338 g/mol. The van der Waals surface area contributed by atoms with Gasteiger partial charge in [0.05, 0.1) is 6.04 Å². The number of halogens is 1. The van der Waals surface area contributed by atoms with Crippen LogP contribution in [0.4, 0.5) is 11.4 Å². The third-order valence-corrected chi connectivity index (χ3v) is 5.13. The minimum Gasteiger partial charge on any atom is -0.378 e. The van der Waals surface area contributed by atoms with Gasteiger partial charge in [-0.1, -0.05) is 35.9 Å². The van der Waals surface area contributed by atoms with Crippen molar-refractivity contribution in [1.82, 2.24) is 0 Å². The number of anilines is 2. The maximum atomic E-state index is 11.3. The summed E-state index contributed by atoms with van der Waals surface area (Å²) in [6, 6.07) is 14.4. The minimum absolute atomic E-state index is 0.0472. The molecule has 2 aliphatic rings. The first-order chi connectivity index (χ1) is 11.6. The van der Waals surface area contributed by atoms with Crippen LogP contribution in [0.5, 0.6) is 0 Å². The Morgan fingerprint density at radius 1 is 1.25 bits per heavy atom. The van der Waals surface area contributed by atoms with Crippen molar-refractivity contribution in [3.05, 3.63) is 70.8 Å². The average molecular weight is 339 g/mol. The number of carbonyl (C=O) groups is 1. The summed E-state index contributed by atoms with van der Waals surface area (Å²) in [5.41, 5.74) is 4.45. The standard InChI is InChI=1S/C20H19ClN2O/c1-12(24)22-15-8-9-19-18(11-15)16-6-3-7-17(16)20(23-19)13-4-2-5-14(21)10-13/h2-6,8-11,16-17,20,23H,7H2,1H3,(H,22,24). The van der Waals surface area contributed by atoms with E-state index in [0.717, 1.165) is 22.8 Å². The lowest BCUT2D eigenvalue weighted by Crippen LogP contribution is -2.29. The first-order valence-electron chi connectivity index (χ1n) is 8.22. The molecule has 4 heteroatoms. The SMILES string of the molecule is CC(=O)Nc1ccc2c(c1)C1C=CCC1C(c1cccc(Cl)c1)N2. The molecule has 3 nitrogen and oxygen atoms in total. The van der Waals surface area contributed by atoms with E-state index in [-0.39, 0.29) is 11.9 Å². The van der Waals surface area contributed by atoms with Crippen LogP contribution in [0.15, 0.2) is 54.6 Å². The largest absolute Gasteiger partial charge is 0.378 e. The zero-order valence-corrected chi connectivity index (χ0v) is 14.2. The van der Waals surface area contributed by atoms with Crippen LogP contribution in [0.25, 0.3) is 0 Å². The molecule has 3 atom stereocenters. The van der Waals surface area contributed by atoms with Gasteiger partial charge in [0.25, 0.3) is 0 Å². The Balaban J connectivity index is 1.73. The van der Waals surface area contributed by atoms with Crippen LogP contribution in [-0.2, 0) is 4.79 Å². The summed E-state index contributed by atoms with van der Waals surface area (Å²) in [5, 5.41) is 7.33. The van der Waals surface area contributed by atoms with Gasteiger partial charge in [-0.2, -0.15) is 0 Å². The van der Waals surface area contributed by atoms with Crippen LogP contribution >= 0.6 is 11.6 Å². The van der Waals surface area contributed by atoms with E-state index in [4.69, 9.17) is 11.6 Å². The molecule has 1 heterocycles. The lowest BCUT2D eigenvalue weighted by atomic mass is 9.77. The first kappa shape index (κ1) is 15.3. The second-order valence-electron chi connectivity index (χ2n) is 6.51. The third kappa shape index (κ3) is 2.69. The van der Waals surface area contributed by atoms with Crippen molar-refractivity contribution in [2.45, 2.75) is 25.3 Å².